The van der Waals surface area contributed by atoms with Crippen LogP contribution >= 0.6 is 12.2 Å². The van der Waals surface area contributed by atoms with Gasteiger partial charge in [-0.15, -0.1) is 0 Å². The number of rotatable bonds is 4. The molecule has 0 radical (unpaired) electrons. The molecule has 0 saturated heterocycles. The molecular formula is C13H16N4O4S. The van der Waals surface area contributed by atoms with Crippen molar-refractivity contribution in [1.29, 1.82) is 0 Å². The molecule has 0 saturated carbocycles. The highest BCUT2D eigenvalue weighted by atomic mass is 32.1. The van der Waals surface area contributed by atoms with Gasteiger partial charge in [0.05, 0.1) is 4.92 Å². The summed E-state index contributed by atoms with van der Waals surface area (Å²) in [6.45, 7) is 3.78. The molecule has 0 unspecified atom stereocenters. The third-order valence-electron chi connectivity index (χ3n) is 2.46. The van der Waals surface area contributed by atoms with Gasteiger partial charge in [0.2, 0.25) is 5.91 Å². The summed E-state index contributed by atoms with van der Waals surface area (Å²) < 4.78 is 0. The van der Waals surface area contributed by atoms with Crippen LogP contribution in [0.2, 0.25) is 0 Å². The summed E-state index contributed by atoms with van der Waals surface area (Å²) in [7, 11) is 0. The number of nitrogens with one attached hydrogen (secondary N) is 3. The smallest absolute Gasteiger partial charge is 0.270 e. The molecule has 0 heterocycles. The molecular weight excluding hydrogens is 308 g/mol. The first kappa shape index (κ1) is 17.5. The van der Waals surface area contributed by atoms with E-state index in [2.05, 4.69) is 16.2 Å². The van der Waals surface area contributed by atoms with Crippen molar-refractivity contribution >= 4 is 34.8 Å². The highest BCUT2D eigenvalue weighted by Gasteiger charge is 2.12. The fourth-order valence-corrected chi connectivity index (χ4v) is 1.69. The van der Waals surface area contributed by atoms with E-state index in [0.29, 0.717) is 6.42 Å². The summed E-state index contributed by atoms with van der Waals surface area (Å²) in [4.78, 5) is 33.3. The van der Waals surface area contributed by atoms with Gasteiger partial charge in [-0.25, -0.2) is 0 Å². The van der Waals surface area contributed by atoms with Crippen molar-refractivity contribution < 1.29 is 14.5 Å². The van der Waals surface area contributed by atoms with Crippen molar-refractivity contribution in [2.45, 2.75) is 20.3 Å². The molecule has 22 heavy (non-hydrogen) atoms. The Morgan fingerprint density at radius 3 is 2.59 bits per heavy atom. The quantitative estimate of drug-likeness (QED) is 0.437. The van der Waals surface area contributed by atoms with E-state index < -0.39 is 10.8 Å². The molecule has 1 aromatic carbocycles. The summed E-state index contributed by atoms with van der Waals surface area (Å²) in [6, 6.07) is 5.23. The van der Waals surface area contributed by atoms with E-state index in [0.717, 1.165) is 6.07 Å². The second kappa shape index (κ2) is 8.03. The summed E-state index contributed by atoms with van der Waals surface area (Å²) in [5.74, 6) is -0.691. The second-order valence-electron chi connectivity index (χ2n) is 4.86. The molecule has 1 rings (SSSR count). The molecule has 118 valence electrons. The van der Waals surface area contributed by atoms with Crippen LogP contribution in [0.25, 0.3) is 0 Å². The number of benzene rings is 1. The lowest BCUT2D eigenvalue weighted by Gasteiger charge is -2.11. The molecule has 0 bridgehead atoms. The van der Waals surface area contributed by atoms with Crippen LogP contribution in [0.15, 0.2) is 24.3 Å². The number of non-ortho nitro benzene ring substituents is 1. The van der Waals surface area contributed by atoms with Gasteiger partial charge in [-0.05, 0) is 24.2 Å². The monoisotopic (exact) mass is 324 g/mol. The lowest BCUT2D eigenvalue weighted by molar-refractivity contribution is -0.384. The van der Waals surface area contributed by atoms with E-state index >= 15 is 0 Å². The minimum atomic E-state index is -0.607. The first-order valence-electron chi connectivity index (χ1n) is 6.44. The van der Waals surface area contributed by atoms with Crippen molar-refractivity contribution in [1.82, 2.24) is 16.2 Å². The number of hydrazine groups is 1. The summed E-state index contributed by atoms with van der Waals surface area (Å²) >= 11 is 4.85. The fourth-order valence-electron chi connectivity index (χ4n) is 1.53. The largest absolute Gasteiger partial charge is 0.302 e. The molecule has 0 aromatic heterocycles. The molecule has 9 heteroatoms. The minimum Gasteiger partial charge on any atom is -0.302 e. The van der Waals surface area contributed by atoms with Gasteiger partial charge in [0.1, 0.15) is 0 Å². The molecule has 0 aliphatic carbocycles. The number of amides is 2. The standard InChI is InChI=1S/C13H16N4O4S/c1-8(2)6-11(18)14-13(22)16-15-12(19)9-4-3-5-10(7-9)17(20)21/h3-5,7-8H,6H2,1-2H3,(H,15,19)(H2,14,16,18,22). The zero-order chi connectivity index (χ0) is 16.7. The maximum atomic E-state index is 11.8. The van der Waals surface area contributed by atoms with Gasteiger partial charge in [-0.2, -0.15) is 0 Å². The number of nitrogens with zero attached hydrogens (tertiary/aromatic N) is 1. The zero-order valence-corrected chi connectivity index (χ0v) is 12.9. The summed E-state index contributed by atoms with van der Waals surface area (Å²) in [5.41, 5.74) is 4.52. The van der Waals surface area contributed by atoms with Gasteiger partial charge in [0.25, 0.3) is 11.6 Å². The average Bonchev–Trinajstić information content (AvgIpc) is 2.43. The van der Waals surface area contributed by atoms with Crippen LogP contribution < -0.4 is 16.2 Å². The van der Waals surface area contributed by atoms with Gasteiger partial charge in [-0.1, -0.05) is 19.9 Å². The van der Waals surface area contributed by atoms with E-state index in [1.165, 1.54) is 18.2 Å². The molecule has 0 atom stereocenters. The Bertz CT molecular complexity index is 603. The number of thiocarbonyl (C=S) groups is 1. The first-order valence-corrected chi connectivity index (χ1v) is 6.85. The Balaban J connectivity index is 2.52. The SMILES string of the molecule is CC(C)CC(=O)NC(=S)NNC(=O)c1cccc([N+](=O)[O-])c1. The molecule has 0 aliphatic rings. The maximum absolute atomic E-state index is 11.8. The van der Waals surface area contributed by atoms with Crippen LogP contribution in [0, 0.1) is 16.0 Å². The van der Waals surface area contributed by atoms with Gasteiger partial charge >= 0.3 is 0 Å². The lowest BCUT2D eigenvalue weighted by atomic mass is 10.1. The fraction of sp³-hybridized carbons (Fsp3) is 0.308. The maximum Gasteiger partial charge on any atom is 0.270 e. The van der Waals surface area contributed by atoms with Gasteiger partial charge in [-0.3, -0.25) is 30.6 Å². The number of nitro benzene ring substituents is 1. The number of carbonyl (C=O) groups is 2. The van der Waals surface area contributed by atoms with E-state index in [-0.39, 0.29) is 28.2 Å². The highest BCUT2D eigenvalue weighted by molar-refractivity contribution is 7.80. The van der Waals surface area contributed by atoms with E-state index in [4.69, 9.17) is 12.2 Å². The normalized spacial score (nSPS) is 9.95. The van der Waals surface area contributed by atoms with E-state index in [9.17, 15) is 19.7 Å². The molecule has 0 aliphatic heterocycles. The van der Waals surface area contributed by atoms with Crippen molar-refractivity contribution in [2.24, 2.45) is 5.92 Å². The Morgan fingerprint density at radius 1 is 1.32 bits per heavy atom. The van der Waals surface area contributed by atoms with Gasteiger partial charge < -0.3 is 5.32 Å². The average molecular weight is 324 g/mol. The third-order valence-corrected chi connectivity index (χ3v) is 2.66. The Kier molecular flexibility index (Phi) is 6.39. The predicted octanol–water partition coefficient (Wildman–Crippen LogP) is 1.28. The van der Waals surface area contributed by atoms with Crippen LogP contribution in [0.5, 0.6) is 0 Å². The second-order valence-corrected chi connectivity index (χ2v) is 5.27. The van der Waals surface area contributed by atoms with Crippen molar-refractivity contribution in [3.05, 3.63) is 39.9 Å². The molecule has 2 amide bonds. The molecule has 8 nitrogen and oxygen atoms in total. The highest BCUT2D eigenvalue weighted by Crippen LogP contribution is 2.12. The van der Waals surface area contributed by atoms with Gasteiger partial charge in [0, 0.05) is 24.1 Å². The van der Waals surface area contributed by atoms with Crippen molar-refractivity contribution in [3.8, 4) is 0 Å². The van der Waals surface area contributed by atoms with E-state index in [1.54, 1.807) is 0 Å². The van der Waals surface area contributed by atoms with Crippen LogP contribution in [-0.2, 0) is 4.79 Å². The van der Waals surface area contributed by atoms with Gasteiger partial charge in [0.15, 0.2) is 5.11 Å². The Labute approximate surface area is 132 Å². The molecule has 1 aromatic rings. The van der Waals surface area contributed by atoms with Crippen molar-refractivity contribution in [2.75, 3.05) is 0 Å². The number of nitro groups is 1. The molecule has 0 spiro atoms. The topological polar surface area (TPSA) is 113 Å². The third kappa shape index (κ3) is 5.83. The van der Waals surface area contributed by atoms with E-state index in [1.807, 2.05) is 13.8 Å². The lowest BCUT2D eigenvalue weighted by Crippen LogP contribution is -2.48. The van der Waals surface area contributed by atoms with Crippen LogP contribution in [-0.4, -0.2) is 21.9 Å². The van der Waals surface area contributed by atoms with Crippen LogP contribution in [0.3, 0.4) is 0 Å². The first-order chi connectivity index (χ1) is 10.3. The summed E-state index contributed by atoms with van der Waals surface area (Å²) in [6.07, 6.45) is 0.306. The Morgan fingerprint density at radius 2 is 2.00 bits per heavy atom. The number of hydrogen-bond acceptors (Lipinski definition) is 5. The van der Waals surface area contributed by atoms with Crippen LogP contribution in [0.4, 0.5) is 5.69 Å². The number of carbonyl (C=O) groups excluding carboxylic acids is 2. The zero-order valence-electron chi connectivity index (χ0n) is 12.1. The molecule has 3 N–H and O–H groups in total. The van der Waals surface area contributed by atoms with Crippen molar-refractivity contribution in [3.63, 3.8) is 0 Å². The molecule has 0 fully saturated rings. The summed E-state index contributed by atoms with van der Waals surface area (Å²) in [5, 5.41) is 13.0. The minimum absolute atomic E-state index is 0.0515. The predicted molar refractivity (Wildman–Crippen MR) is 83.9 cm³/mol. The Hall–Kier alpha value is -2.55. The number of hydrogen-bond donors (Lipinski definition) is 3. The van der Waals surface area contributed by atoms with Crippen LogP contribution in [0.1, 0.15) is 30.6 Å².